The smallest absolute Gasteiger partial charge is 0.421 e. The third kappa shape index (κ3) is 5.14. The van der Waals surface area contributed by atoms with Crippen LogP contribution in [0.3, 0.4) is 0 Å². The number of benzene rings is 3. The van der Waals surface area contributed by atoms with Gasteiger partial charge in [0.15, 0.2) is 5.82 Å². The Labute approximate surface area is 226 Å². The van der Waals surface area contributed by atoms with E-state index in [1.165, 1.54) is 36.4 Å². The second kappa shape index (κ2) is 10.1. The number of hydrogen-bond acceptors (Lipinski definition) is 4. The lowest BCUT2D eigenvalue weighted by atomic mass is 9.93. The highest BCUT2D eigenvalue weighted by molar-refractivity contribution is 5.86. The van der Waals surface area contributed by atoms with E-state index in [9.17, 15) is 32.3 Å². The number of carbonyl (C=O) groups excluding carboxylic acids is 1. The molecule has 2 N–H and O–H groups in total. The molecule has 0 radical (unpaired) electrons. The fourth-order valence-electron chi connectivity index (χ4n) is 4.53. The summed E-state index contributed by atoms with van der Waals surface area (Å²) in [7, 11) is 0. The highest BCUT2D eigenvalue weighted by Gasteiger charge is 2.52. The molecule has 4 aromatic rings. The minimum absolute atomic E-state index is 0.172. The number of carboxylic acid groups (broad SMARTS) is 1. The molecule has 1 atom stereocenters. The zero-order valence-corrected chi connectivity index (χ0v) is 21.1. The van der Waals surface area contributed by atoms with E-state index in [1.54, 1.807) is 43.3 Å². The van der Waals surface area contributed by atoms with Crippen molar-refractivity contribution in [2.45, 2.75) is 37.5 Å². The molecule has 1 aliphatic carbocycles. The number of carbonyl (C=O) groups is 2. The Balaban J connectivity index is 1.40. The quantitative estimate of drug-likeness (QED) is 0.238. The van der Waals surface area contributed by atoms with Gasteiger partial charge in [0.05, 0.1) is 17.3 Å². The van der Waals surface area contributed by atoms with Crippen molar-refractivity contribution in [2.75, 3.05) is 5.32 Å². The molecule has 3 aromatic carbocycles. The molecule has 5 rings (SSSR count). The van der Waals surface area contributed by atoms with Crippen molar-refractivity contribution >= 4 is 17.9 Å². The number of hydrogen-bond donors (Lipinski definition) is 2. The van der Waals surface area contributed by atoms with Gasteiger partial charge in [0, 0.05) is 5.56 Å². The molecule has 0 unspecified atom stereocenters. The van der Waals surface area contributed by atoms with Gasteiger partial charge in [-0.25, -0.2) is 13.9 Å². The van der Waals surface area contributed by atoms with Gasteiger partial charge in [0.1, 0.15) is 17.5 Å². The molecule has 1 amide bonds. The van der Waals surface area contributed by atoms with Crippen LogP contribution in [0, 0.1) is 5.82 Å². The lowest BCUT2D eigenvalue weighted by Gasteiger charge is -2.16. The summed E-state index contributed by atoms with van der Waals surface area (Å²) in [5.74, 6) is -2.25. The largest absolute Gasteiger partial charge is 0.481 e. The summed E-state index contributed by atoms with van der Waals surface area (Å²) in [5, 5.41) is 15.5. The van der Waals surface area contributed by atoms with Crippen LogP contribution in [0.15, 0.2) is 79.0 Å². The Morgan fingerprint density at radius 2 is 1.73 bits per heavy atom. The number of amides is 1. The third-order valence-corrected chi connectivity index (χ3v) is 6.95. The number of aromatic nitrogens is 2. The van der Waals surface area contributed by atoms with E-state index in [0.717, 1.165) is 4.68 Å². The molecule has 1 aliphatic rings. The molecule has 11 heteroatoms. The zero-order chi connectivity index (χ0) is 28.7. The van der Waals surface area contributed by atoms with Crippen LogP contribution in [0.5, 0.6) is 0 Å². The summed E-state index contributed by atoms with van der Waals surface area (Å²) >= 11 is 0. The van der Waals surface area contributed by atoms with Crippen LogP contribution in [-0.2, 0) is 21.1 Å². The van der Waals surface area contributed by atoms with E-state index in [4.69, 9.17) is 4.74 Å². The molecule has 1 saturated carbocycles. The average Bonchev–Trinajstić information content (AvgIpc) is 3.63. The number of nitrogens with zero attached hydrogens (tertiary/aromatic N) is 2. The molecule has 1 heterocycles. The topological polar surface area (TPSA) is 93.5 Å². The van der Waals surface area contributed by atoms with Crippen LogP contribution < -0.4 is 5.32 Å². The van der Waals surface area contributed by atoms with E-state index in [2.05, 4.69) is 10.4 Å². The molecule has 7 nitrogen and oxygen atoms in total. The molecule has 1 fully saturated rings. The minimum atomic E-state index is -4.81. The van der Waals surface area contributed by atoms with Gasteiger partial charge in [0.25, 0.3) is 0 Å². The van der Waals surface area contributed by atoms with E-state index >= 15 is 0 Å². The zero-order valence-electron chi connectivity index (χ0n) is 21.1. The van der Waals surface area contributed by atoms with Crippen LogP contribution in [0.1, 0.15) is 42.6 Å². The highest BCUT2D eigenvalue weighted by Crippen LogP contribution is 2.49. The van der Waals surface area contributed by atoms with Crippen molar-refractivity contribution in [1.29, 1.82) is 0 Å². The van der Waals surface area contributed by atoms with Gasteiger partial charge < -0.3 is 9.84 Å². The first kappa shape index (κ1) is 26.9. The van der Waals surface area contributed by atoms with Gasteiger partial charge in [-0.2, -0.15) is 18.3 Å². The van der Waals surface area contributed by atoms with Crippen LogP contribution in [0.4, 0.5) is 28.2 Å². The number of anilines is 1. The van der Waals surface area contributed by atoms with Gasteiger partial charge in [0.2, 0.25) is 0 Å². The SMILES string of the molecule is C[C@@H](OC(=O)Nc1c(C(F)(F)F)cnn1-c1ccc(-c2ccc(C3(C(=O)O)CC3)cc2F)cc1)c1ccccc1. The molecule has 0 bridgehead atoms. The van der Waals surface area contributed by atoms with E-state index in [0.29, 0.717) is 35.7 Å². The Morgan fingerprint density at radius 3 is 2.30 bits per heavy atom. The lowest BCUT2D eigenvalue weighted by molar-refractivity contribution is -0.140. The number of halogens is 4. The normalized spacial score (nSPS) is 14.8. The van der Waals surface area contributed by atoms with Crippen molar-refractivity contribution in [3.63, 3.8) is 0 Å². The molecular formula is C29H23F4N3O4. The molecule has 206 valence electrons. The number of ether oxygens (including phenoxy) is 1. The highest BCUT2D eigenvalue weighted by atomic mass is 19.4. The first-order valence-corrected chi connectivity index (χ1v) is 12.3. The van der Waals surface area contributed by atoms with Gasteiger partial charge in [-0.05, 0) is 54.7 Å². The maximum atomic E-state index is 15.0. The first-order chi connectivity index (χ1) is 19.0. The Bertz CT molecular complexity index is 1560. The number of alkyl halides is 3. The number of aliphatic carboxylic acids is 1. The summed E-state index contributed by atoms with van der Waals surface area (Å²) in [6.45, 7) is 1.59. The van der Waals surface area contributed by atoms with Crippen molar-refractivity contribution < 1.29 is 37.0 Å². The number of nitrogens with one attached hydrogen (secondary N) is 1. The third-order valence-electron chi connectivity index (χ3n) is 6.95. The summed E-state index contributed by atoms with van der Waals surface area (Å²) in [6.07, 6.45) is -5.16. The Morgan fingerprint density at radius 1 is 1.05 bits per heavy atom. The molecule has 0 spiro atoms. The van der Waals surface area contributed by atoms with Crippen molar-refractivity contribution in [3.8, 4) is 16.8 Å². The van der Waals surface area contributed by atoms with Crippen molar-refractivity contribution in [1.82, 2.24) is 9.78 Å². The summed E-state index contributed by atoms with van der Waals surface area (Å²) in [5.41, 5.74) is -0.387. The maximum Gasteiger partial charge on any atom is 0.421 e. The maximum absolute atomic E-state index is 15.0. The average molecular weight is 554 g/mol. The number of rotatable bonds is 7. The van der Waals surface area contributed by atoms with Gasteiger partial charge in [-0.3, -0.25) is 10.1 Å². The molecule has 40 heavy (non-hydrogen) atoms. The summed E-state index contributed by atoms with van der Waals surface area (Å²) < 4.78 is 62.3. The molecular weight excluding hydrogens is 530 g/mol. The monoisotopic (exact) mass is 553 g/mol. The van der Waals surface area contributed by atoms with Gasteiger partial charge in [-0.15, -0.1) is 0 Å². The molecule has 0 saturated heterocycles. The Kier molecular flexibility index (Phi) is 6.82. The predicted octanol–water partition coefficient (Wildman–Crippen LogP) is 7.12. The number of carboxylic acids is 1. The minimum Gasteiger partial charge on any atom is -0.481 e. The van der Waals surface area contributed by atoms with Crippen molar-refractivity contribution in [3.05, 3.63) is 102 Å². The van der Waals surface area contributed by atoms with E-state index in [1.807, 2.05) is 0 Å². The van der Waals surface area contributed by atoms with Crippen molar-refractivity contribution in [2.24, 2.45) is 0 Å². The van der Waals surface area contributed by atoms with E-state index < -0.39 is 47.0 Å². The van der Waals surface area contributed by atoms with Gasteiger partial charge in [-0.1, -0.05) is 54.6 Å². The lowest BCUT2D eigenvalue weighted by Crippen LogP contribution is -2.20. The second-order valence-corrected chi connectivity index (χ2v) is 9.53. The Hall–Kier alpha value is -4.67. The summed E-state index contributed by atoms with van der Waals surface area (Å²) in [6, 6.07) is 18.8. The standard InChI is InChI=1S/C29H23F4N3O4/c1-17(18-5-3-2-4-6-18)40-27(39)35-25-23(29(31,32)33)16-34-36(25)21-10-7-19(8-11-21)22-12-9-20(15-24(22)30)28(13-14-28)26(37)38/h2-12,15-17H,13-14H2,1H3,(H,35,39)(H,37,38)/t17-/m1/s1. The van der Waals surface area contributed by atoms with Crippen LogP contribution in [-0.4, -0.2) is 26.9 Å². The molecule has 0 aliphatic heterocycles. The first-order valence-electron chi connectivity index (χ1n) is 12.3. The second-order valence-electron chi connectivity index (χ2n) is 9.53. The predicted molar refractivity (Wildman–Crippen MR) is 137 cm³/mol. The van der Waals surface area contributed by atoms with Crippen LogP contribution in [0.2, 0.25) is 0 Å². The fourth-order valence-corrected chi connectivity index (χ4v) is 4.53. The van der Waals surface area contributed by atoms with E-state index in [-0.39, 0.29) is 11.3 Å². The van der Waals surface area contributed by atoms with Crippen LogP contribution in [0.25, 0.3) is 16.8 Å². The van der Waals surface area contributed by atoms with Gasteiger partial charge >= 0.3 is 18.2 Å². The summed E-state index contributed by atoms with van der Waals surface area (Å²) in [4.78, 5) is 24.1. The molecule has 1 aromatic heterocycles. The van der Waals surface area contributed by atoms with Crippen LogP contribution >= 0.6 is 0 Å². The fraction of sp³-hybridized carbons (Fsp3) is 0.207.